The van der Waals surface area contributed by atoms with Crippen molar-refractivity contribution in [1.82, 2.24) is 0 Å². The molecule has 0 amide bonds. The van der Waals surface area contributed by atoms with E-state index in [4.69, 9.17) is 5.84 Å². The lowest BCUT2D eigenvalue weighted by Crippen LogP contribution is -2.14. The van der Waals surface area contributed by atoms with Gasteiger partial charge in [-0.2, -0.15) is 13.2 Å². The molecule has 0 bridgehead atoms. The second-order valence-corrected chi connectivity index (χ2v) is 4.88. The summed E-state index contributed by atoms with van der Waals surface area (Å²) in [6, 6.07) is 2.57. The third-order valence-electron chi connectivity index (χ3n) is 2.22. The Labute approximate surface area is 118 Å². The first-order chi connectivity index (χ1) is 7.27. The quantitative estimate of drug-likeness (QED) is 0.460. The first kappa shape index (κ1) is 16.8. The molecule has 1 rings (SSSR count). The minimum absolute atomic E-state index is 0. The van der Waals surface area contributed by atoms with Crippen molar-refractivity contribution >= 4 is 40.7 Å². The molecule has 17 heavy (non-hydrogen) atoms. The number of hydrogen-bond donors (Lipinski definition) is 2. The van der Waals surface area contributed by atoms with E-state index in [9.17, 15) is 13.2 Å². The van der Waals surface area contributed by atoms with Gasteiger partial charge in [-0.05, 0) is 46.2 Å². The van der Waals surface area contributed by atoms with Crippen LogP contribution in [0.1, 0.15) is 30.9 Å². The molecule has 0 heterocycles. The van der Waals surface area contributed by atoms with Gasteiger partial charge < -0.3 is 5.43 Å². The summed E-state index contributed by atoms with van der Waals surface area (Å²) in [6.07, 6.45) is -4.35. The number of hydrazine groups is 1. The maximum absolute atomic E-state index is 12.6. The van der Waals surface area contributed by atoms with E-state index in [0.29, 0.717) is 5.69 Å². The molecular weight excluding hydrogens is 367 g/mol. The highest BCUT2D eigenvalue weighted by atomic mass is 127. The zero-order valence-corrected chi connectivity index (χ0v) is 12.2. The van der Waals surface area contributed by atoms with E-state index in [1.165, 1.54) is 6.07 Å². The minimum atomic E-state index is -4.35. The highest BCUT2D eigenvalue weighted by Crippen LogP contribution is 2.37. The van der Waals surface area contributed by atoms with Crippen molar-refractivity contribution in [2.24, 2.45) is 5.84 Å². The molecule has 0 fully saturated rings. The SMILES string of the molecule is CC(C)c1cc(I)c(C(F)(F)F)cc1NN.Cl. The van der Waals surface area contributed by atoms with E-state index in [2.05, 4.69) is 5.43 Å². The monoisotopic (exact) mass is 380 g/mol. The van der Waals surface area contributed by atoms with Crippen molar-refractivity contribution in [3.05, 3.63) is 26.8 Å². The largest absolute Gasteiger partial charge is 0.417 e. The lowest BCUT2D eigenvalue weighted by molar-refractivity contribution is -0.138. The van der Waals surface area contributed by atoms with E-state index in [1.807, 2.05) is 13.8 Å². The van der Waals surface area contributed by atoms with Crippen LogP contribution in [0.4, 0.5) is 18.9 Å². The third-order valence-corrected chi connectivity index (χ3v) is 3.11. The van der Waals surface area contributed by atoms with Crippen molar-refractivity contribution in [1.29, 1.82) is 0 Å². The molecule has 0 aliphatic heterocycles. The predicted molar refractivity (Wildman–Crippen MR) is 73.3 cm³/mol. The van der Waals surface area contributed by atoms with Crippen LogP contribution in [0.3, 0.4) is 0 Å². The van der Waals surface area contributed by atoms with Gasteiger partial charge in [-0.25, -0.2) is 0 Å². The lowest BCUT2D eigenvalue weighted by Gasteiger charge is -2.17. The number of hydrogen-bond acceptors (Lipinski definition) is 2. The fraction of sp³-hybridized carbons (Fsp3) is 0.400. The molecule has 0 aliphatic rings. The average Bonchev–Trinajstić information content (AvgIpc) is 2.15. The van der Waals surface area contributed by atoms with Gasteiger partial charge in [0.15, 0.2) is 0 Å². The molecule has 7 heteroatoms. The number of anilines is 1. The molecule has 0 aromatic heterocycles. The van der Waals surface area contributed by atoms with Crippen LogP contribution >= 0.6 is 35.0 Å². The number of nitrogen functional groups attached to an aromatic ring is 1. The molecule has 0 saturated carbocycles. The summed E-state index contributed by atoms with van der Waals surface area (Å²) < 4.78 is 38.1. The zero-order chi connectivity index (χ0) is 12.5. The number of halogens is 5. The van der Waals surface area contributed by atoms with Crippen LogP contribution in [0.5, 0.6) is 0 Å². The second-order valence-electron chi connectivity index (χ2n) is 3.72. The van der Waals surface area contributed by atoms with Gasteiger partial charge in [0.05, 0.1) is 11.3 Å². The van der Waals surface area contributed by atoms with Crippen LogP contribution in [0.15, 0.2) is 12.1 Å². The van der Waals surface area contributed by atoms with Crippen LogP contribution in [-0.4, -0.2) is 0 Å². The molecule has 0 spiro atoms. The van der Waals surface area contributed by atoms with Crippen LogP contribution in [0.2, 0.25) is 0 Å². The van der Waals surface area contributed by atoms with Gasteiger partial charge in [0, 0.05) is 3.57 Å². The van der Waals surface area contributed by atoms with Crippen LogP contribution in [0.25, 0.3) is 0 Å². The van der Waals surface area contributed by atoms with Crippen molar-refractivity contribution in [2.45, 2.75) is 25.9 Å². The van der Waals surface area contributed by atoms with Gasteiger partial charge in [0.25, 0.3) is 0 Å². The summed E-state index contributed by atoms with van der Waals surface area (Å²) >= 11 is 1.69. The zero-order valence-electron chi connectivity index (χ0n) is 9.23. The maximum Gasteiger partial charge on any atom is 0.417 e. The summed E-state index contributed by atoms with van der Waals surface area (Å²) in [5.41, 5.74) is 2.75. The Balaban J connectivity index is 0.00000256. The van der Waals surface area contributed by atoms with Crippen molar-refractivity contribution in [3.63, 3.8) is 0 Å². The predicted octanol–water partition coefficient (Wildman–Crippen LogP) is 4.14. The van der Waals surface area contributed by atoms with Gasteiger partial charge in [-0.1, -0.05) is 13.8 Å². The van der Waals surface area contributed by atoms with E-state index in [0.717, 1.165) is 11.6 Å². The number of alkyl halides is 3. The third kappa shape index (κ3) is 3.89. The number of nitrogens with one attached hydrogen (secondary N) is 1. The topological polar surface area (TPSA) is 38.0 Å². The molecule has 2 nitrogen and oxygen atoms in total. The lowest BCUT2D eigenvalue weighted by atomic mass is 9.99. The van der Waals surface area contributed by atoms with Crippen molar-refractivity contribution < 1.29 is 13.2 Å². The maximum atomic E-state index is 12.6. The Morgan fingerprint density at radius 1 is 1.29 bits per heavy atom. The molecule has 3 N–H and O–H groups in total. The Morgan fingerprint density at radius 2 is 1.82 bits per heavy atom. The fourth-order valence-corrected chi connectivity index (χ4v) is 2.21. The smallest absolute Gasteiger partial charge is 0.324 e. The van der Waals surface area contributed by atoms with Gasteiger partial charge >= 0.3 is 6.18 Å². The first-order valence-corrected chi connectivity index (χ1v) is 5.72. The summed E-state index contributed by atoms with van der Waals surface area (Å²) in [6.45, 7) is 3.80. The van der Waals surface area contributed by atoms with E-state index >= 15 is 0 Å². The van der Waals surface area contributed by atoms with Gasteiger partial charge in [-0.3, -0.25) is 5.84 Å². The molecule has 0 radical (unpaired) electrons. The van der Waals surface area contributed by atoms with Crippen LogP contribution in [-0.2, 0) is 6.18 Å². The first-order valence-electron chi connectivity index (χ1n) is 4.64. The van der Waals surface area contributed by atoms with Gasteiger partial charge in [0.2, 0.25) is 0 Å². The van der Waals surface area contributed by atoms with Gasteiger partial charge in [0.1, 0.15) is 0 Å². The second kappa shape index (κ2) is 6.10. The Morgan fingerprint density at radius 3 is 2.18 bits per heavy atom. The van der Waals surface area contributed by atoms with Gasteiger partial charge in [-0.15, -0.1) is 12.4 Å². The Hall–Kier alpha value is -0.210. The van der Waals surface area contributed by atoms with Crippen LogP contribution in [0, 0.1) is 3.57 Å². The summed E-state index contributed by atoms with van der Waals surface area (Å²) in [5.74, 6) is 5.34. The summed E-state index contributed by atoms with van der Waals surface area (Å²) in [5, 5.41) is 0. The van der Waals surface area contributed by atoms with E-state index < -0.39 is 11.7 Å². The fourth-order valence-electron chi connectivity index (χ4n) is 1.41. The Kier molecular flexibility index (Phi) is 6.03. The molecular formula is C10H13ClF3IN2. The van der Waals surface area contributed by atoms with Crippen LogP contribution < -0.4 is 11.3 Å². The average molecular weight is 381 g/mol. The number of benzene rings is 1. The number of nitrogens with two attached hydrogens (primary N) is 1. The Bertz CT molecular complexity index is 394. The standard InChI is InChI=1S/C10H12F3IN2.ClH/c1-5(2)6-3-8(14)7(10(11,12)13)4-9(6)16-15;/h3-5,16H,15H2,1-2H3;1H. The van der Waals surface area contributed by atoms with Crippen molar-refractivity contribution in [2.75, 3.05) is 5.43 Å². The number of rotatable bonds is 2. The molecule has 0 saturated heterocycles. The summed E-state index contributed by atoms with van der Waals surface area (Å²) in [4.78, 5) is 0. The highest BCUT2D eigenvalue weighted by Gasteiger charge is 2.33. The minimum Gasteiger partial charge on any atom is -0.324 e. The molecule has 98 valence electrons. The molecule has 1 aromatic carbocycles. The van der Waals surface area contributed by atoms with Crippen molar-refractivity contribution in [3.8, 4) is 0 Å². The summed E-state index contributed by atoms with van der Waals surface area (Å²) in [7, 11) is 0. The normalized spacial score (nSPS) is 11.3. The van der Waals surface area contributed by atoms with E-state index in [1.54, 1.807) is 22.6 Å². The molecule has 1 aromatic rings. The molecule has 0 unspecified atom stereocenters. The highest BCUT2D eigenvalue weighted by molar-refractivity contribution is 14.1. The molecule has 0 atom stereocenters. The molecule has 0 aliphatic carbocycles. The van der Waals surface area contributed by atoms with E-state index in [-0.39, 0.29) is 21.9 Å².